The third-order valence-corrected chi connectivity index (χ3v) is 5.44. The number of thioether (sulfide) groups is 1. The second-order valence-corrected chi connectivity index (χ2v) is 7.70. The molecule has 0 aromatic heterocycles. The zero-order valence-corrected chi connectivity index (χ0v) is 14.7. The molecule has 0 bridgehead atoms. The van der Waals surface area contributed by atoms with Crippen LogP contribution in [-0.2, 0) is 10.0 Å². The molecular formula is C15H26N2O2S2. The molecule has 120 valence electrons. The van der Waals surface area contributed by atoms with Crippen LogP contribution < -0.4 is 10.0 Å². The summed E-state index contributed by atoms with van der Waals surface area (Å²) in [7, 11) is -3.38. The third-order valence-electron chi connectivity index (χ3n) is 3.27. The van der Waals surface area contributed by atoms with Crippen molar-refractivity contribution in [2.45, 2.75) is 37.6 Å². The number of hydrogen-bond donors (Lipinski definition) is 2. The van der Waals surface area contributed by atoms with Crippen molar-refractivity contribution in [1.82, 2.24) is 10.0 Å². The van der Waals surface area contributed by atoms with Crippen molar-refractivity contribution < 1.29 is 8.42 Å². The summed E-state index contributed by atoms with van der Waals surface area (Å²) in [6.07, 6.45) is 3.96. The first-order chi connectivity index (χ1) is 10.0. The molecule has 0 aliphatic rings. The molecule has 0 saturated heterocycles. The summed E-state index contributed by atoms with van der Waals surface area (Å²) in [5.41, 5.74) is 1.09. The Balaban J connectivity index is 2.59. The first-order valence-corrected chi connectivity index (χ1v) is 10.2. The molecule has 1 aromatic carbocycles. The van der Waals surface area contributed by atoms with E-state index in [-0.39, 0.29) is 6.04 Å². The Kier molecular flexibility index (Phi) is 8.33. The van der Waals surface area contributed by atoms with Gasteiger partial charge in [-0.1, -0.05) is 19.1 Å². The lowest BCUT2D eigenvalue weighted by atomic mass is 10.1. The zero-order valence-electron chi connectivity index (χ0n) is 13.1. The maximum atomic E-state index is 12.1. The number of rotatable bonds is 10. The zero-order chi connectivity index (χ0) is 15.7. The maximum absolute atomic E-state index is 12.1. The highest BCUT2D eigenvalue weighted by atomic mass is 32.2. The molecule has 21 heavy (non-hydrogen) atoms. The minimum Gasteiger partial charge on any atom is -0.310 e. The molecule has 0 radical (unpaired) electrons. The van der Waals surface area contributed by atoms with Gasteiger partial charge >= 0.3 is 0 Å². The van der Waals surface area contributed by atoms with Crippen molar-refractivity contribution in [3.8, 4) is 0 Å². The molecule has 0 amide bonds. The highest BCUT2D eigenvalue weighted by Crippen LogP contribution is 2.16. The second kappa shape index (κ2) is 9.46. The highest BCUT2D eigenvalue weighted by Gasteiger charge is 2.13. The fraction of sp³-hybridized carbons (Fsp3) is 0.600. The smallest absolute Gasteiger partial charge is 0.240 e. The lowest BCUT2D eigenvalue weighted by molar-refractivity contribution is 0.577. The number of nitrogens with one attached hydrogen (secondary N) is 2. The molecule has 0 heterocycles. The number of benzene rings is 1. The molecule has 2 N–H and O–H groups in total. The van der Waals surface area contributed by atoms with E-state index in [0.29, 0.717) is 11.4 Å². The Hall–Kier alpha value is -0.560. The number of sulfonamides is 1. The van der Waals surface area contributed by atoms with Gasteiger partial charge < -0.3 is 5.32 Å². The van der Waals surface area contributed by atoms with Crippen molar-refractivity contribution in [1.29, 1.82) is 0 Å². The van der Waals surface area contributed by atoms with Crippen LogP contribution in [0.4, 0.5) is 0 Å². The molecule has 0 fully saturated rings. The topological polar surface area (TPSA) is 58.2 Å². The standard InChI is InChI=1S/C15H26N2O2S2/c1-4-16-13(2)14-7-9-15(10-8-14)21(18,19)17-11-5-6-12-20-3/h7-10,13,16-17H,4-6,11-12H2,1-3H3. The summed E-state index contributed by atoms with van der Waals surface area (Å²) in [6.45, 7) is 5.50. The quantitative estimate of drug-likeness (QED) is 0.648. The van der Waals surface area contributed by atoms with Crippen LogP contribution in [-0.4, -0.2) is 33.5 Å². The molecule has 0 aliphatic heterocycles. The van der Waals surface area contributed by atoms with Crippen LogP contribution in [0.3, 0.4) is 0 Å². The van der Waals surface area contributed by atoms with Crippen LogP contribution in [0.25, 0.3) is 0 Å². The van der Waals surface area contributed by atoms with Gasteiger partial charge in [-0.25, -0.2) is 13.1 Å². The van der Waals surface area contributed by atoms with E-state index in [4.69, 9.17) is 0 Å². The number of hydrogen-bond acceptors (Lipinski definition) is 4. The van der Waals surface area contributed by atoms with Gasteiger partial charge in [-0.05, 0) is 56.0 Å². The Bertz CT molecular complexity index is 501. The van der Waals surface area contributed by atoms with Crippen LogP contribution in [0, 0.1) is 0 Å². The first kappa shape index (κ1) is 18.5. The van der Waals surface area contributed by atoms with Crippen LogP contribution >= 0.6 is 11.8 Å². The van der Waals surface area contributed by atoms with Crippen LogP contribution in [0.2, 0.25) is 0 Å². The van der Waals surface area contributed by atoms with Gasteiger partial charge in [0.05, 0.1) is 4.90 Å². The van der Waals surface area contributed by atoms with Gasteiger partial charge in [0, 0.05) is 12.6 Å². The maximum Gasteiger partial charge on any atom is 0.240 e. The SMILES string of the molecule is CCNC(C)c1ccc(S(=O)(=O)NCCCCSC)cc1. The summed E-state index contributed by atoms with van der Waals surface area (Å²) in [5.74, 6) is 1.07. The first-order valence-electron chi connectivity index (χ1n) is 7.33. The van der Waals surface area contributed by atoms with E-state index in [9.17, 15) is 8.42 Å². The van der Waals surface area contributed by atoms with Crippen molar-refractivity contribution in [3.05, 3.63) is 29.8 Å². The minimum absolute atomic E-state index is 0.228. The van der Waals surface area contributed by atoms with E-state index in [1.165, 1.54) is 0 Å². The van der Waals surface area contributed by atoms with Gasteiger partial charge in [-0.2, -0.15) is 11.8 Å². The van der Waals surface area contributed by atoms with E-state index in [2.05, 4.69) is 30.1 Å². The van der Waals surface area contributed by atoms with E-state index >= 15 is 0 Å². The molecule has 1 rings (SSSR count). The van der Waals surface area contributed by atoms with E-state index in [0.717, 1.165) is 30.7 Å². The predicted octanol–water partition coefficient (Wildman–Crippen LogP) is 2.78. The largest absolute Gasteiger partial charge is 0.310 e. The van der Waals surface area contributed by atoms with Crippen LogP contribution in [0.1, 0.15) is 38.3 Å². The van der Waals surface area contributed by atoms with Gasteiger partial charge in [0.15, 0.2) is 0 Å². The average molecular weight is 331 g/mol. The van der Waals surface area contributed by atoms with Gasteiger partial charge in [0.25, 0.3) is 0 Å². The Labute approximate surface area is 133 Å². The van der Waals surface area contributed by atoms with Gasteiger partial charge in [-0.3, -0.25) is 0 Å². The normalized spacial score (nSPS) is 13.3. The Morgan fingerprint density at radius 2 is 1.86 bits per heavy atom. The fourth-order valence-electron chi connectivity index (χ4n) is 2.02. The molecular weight excluding hydrogens is 304 g/mol. The van der Waals surface area contributed by atoms with E-state index < -0.39 is 10.0 Å². The highest BCUT2D eigenvalue weighted by molar-refractivity contribution is 7.98. The van der Waals surface area contributed by atoms with Crippen molar-refractivity contribution in [2.75, 3.05) is 25.1 Å². The third kappa shape index (κ3) is 6.38. The lowest BCUT2D eigenvalue weighted by Gasteiger charge is -2.13. The van der Waals surface area contributed by atoms with Crippen LogP contribution in [0.5, 0.6) is 0 Å². The summed E-state index contributed by atoms with van der Waals surface area (Å²) < 4.78 is 26.9. The van der Waals surface area contributed by atoms with Crippen molar-refractivity contribution in [2.24, 2.45) is 0 Å². The molecule has 1 unspecified atom stereocenters. The minimum atomic E-state index is -3.38. The van der Waals surface area contributed by atoms with Gasteiger partial charge in [0.2, 0.25) is 10.0 Å². The summed E-state index contributed by atoms with van der Waals surface area (Å²) in [6, 6.07) is 7.32. The summed E-state index contributed by atoms with van der Waals surface area (Å²) >= 11 is 1.78. The van der Waals surface area contributed by atoms with E-state index in [1.807, 2.05) is 12.1 Å². The predicted molar refractivity (Wildman–Crippen MR) is 91.3 cm³/mol. The summed E-state index contributed by atoms with van der Waals surface area (Å²) in [4.78, 5) is 0.333. The molecule has 1 aromatic rings. The Morgan fingerprint density at radius 1 is 1.19 bits per heavy atom. The van der Waals surface area contributed by atoms with Crippen LogP contribution in [0.15, 0.2) is 29.2 Å². The fourth-order valence-corrected chi connectivity index (χ4v) is 3.59. The molecule has 4 nitrogen and oxygen atoms in total. The lowest BCUT2D eigenvalue weighted by Crippen LogP contribution is -2.25. The second-order valence-electron chi connectivity index (χ2n) is 4.95. The van der Waals surface area contributed by atoms with Gasteiger partial charge in [-0.15, -0.1) is 0 Å². The van der Waals surface area contributed by atoms with Gasteiger partial charge in [0.1, 0.15) is 0 Å². The van der Waals surface area contributed by atoms with Crippen molar-refractivity contribution in [3.63, 3.8) is 0 Å². The Morgan fingerprint density at radius 3 is 2.43 bits per heavy atom. The molecule has 6 heteroatoms. The molecule has 0 aliphatic carbocycles. The van der Waals surface area contributed by atoms with E-state index in [1.54, 1.807) is 23.9 Å². The molecule has 0 spiro atoms. The monoisotopic (exact) mass is 330 g/mol. The summed E-state index contributed by atoms with van der Waals surface area (Å²) in [5, 5.41) is 3.31. The molecule has 0 saturated carbocycles. The van der Waals surface area contributed by atoms with Crippen molar-refractivity contribution >= 4 is 21.8 Å². The average Bonchev–Trinajstić information content (AvgIpc) is 2.47. The molecule has 1 atom stereocenters. The number of unbranched alkanes of at least 4 members (excludes halogenated alkanes) is 1.